The van der Waals surface area contributed by atoms with Crippen molar-refractivity contribution in [2.75, 3.05) is 0 Å². The second-order valence-corrected chi connectivity index (χ2v) is 4.84. The van der Waals surface area contributed by atoms with Gasteiger partial charge in [0.1, 0.15) is 5.84 Å². The van der Waals surface area contributed by atoms with Gasteiger partial charge < -0.3 is 0 Å². The third kappa shape index (κ3) is 2.44. The number of hydrogen-bond donors (Lipinski definition) is 1. The van der Waals surface area contributed by atoms with Crippen molar-refractivity contribution in [3.8, 4) is 22.4 Å². The molecule has 5 heteroatoms. The van der Waals surface area contributed by atoms with E-state index in [4.69, 9.17) is 5.41 Å². The second-order valence-electron chi connectivity index (χ2n) is 4.84. The van der Waals surface area contributed by atoms with Crippen molar-refractivity contribution in [3.63, 3.8) is 0 Å². The summed E-state index contributed by atoms with van der Waals surface area (Å²) in [6.45, 7) is 5.22. The molecule has 3 rings (SSSR count). The van der Waals surface area contributed by atoms with Gasteiger partial charge in [-0.2, -0.15) is 5.10 Å². The molecule has 108 valence electrons. The number of rotatable bonds is 3. The van der Waals surface area contributed by atoms with E-state index in [1.807, 2.05) is 42.5 Å². The molecule has 0 unspecified atom stereocenters. The lowest BCUT2D eigenvalue weighted by molar-refractivity contribution is 0.918. The molecule has 0 saturated heterocycles. The molecule has 0 fully saturated rings. The highest BCUT2D eigenvalue weighted by Crippen LogP contribution is 2.30. The molecule has 0 aliphatic rings. The lowest BCUT2D eigenvalue weighted by atomic mass is 10.1. The van der Waals surface area contributed by atoms with Crippen LogP contribution in [0, 0.1) is 5.41 Å². The van der Waals surface area contributed by atoms with E-state index in [0.29, 0.717) is 11.7 Å². The molecule has 2 aromatic heterocycles. The molecule has 0 spiro atoms. The van der Waals surface area contributed by atoms with Crippen molar-refractivity contribution in [2.24, 2.45) is 4.99 Å². The smallest absolute Gasteiger partial charge is 0.164 e. The molecule has 2 heterocycles. The van der Waals surface area contributed by atoms with Crippen molar-refractivity contribution >= 4 is 18.4 Å². The van der Waals surface area contributed by atoms with E-state index in [-0.39, 0.29) is 0 Å². The molecule has 1 aromatic carbocycles. The SMILES string of the molecule is C=Nc1c(-c2ccc(-c3ccccc3)nc2)cnn1C(C)=N. The number of nitrogens with one attached hydrogen (secondary N) is 1. The zero-order chi connectivity index (χ0) is 15.5. The van der Waals surface area contributed by atoms with Crippen LogP contribution in [0.1, 0.15) is 6.92 Å². The molecule has 0 saturated carbocycles. The van der Waals surface area contributed by atoms with Gasteiger partial charge in [0.25, 0.3) is 0 Å². The Bertz CT molecular complexity index is 816. The lowest BCUT2D eigenvalue weighted by Gasteiger charge is -2.04. The summed E-state index contributed by atoms with van der Waals surface area (Å²) in [5.41, 5.74) is 3.69. The van der Waals surface area contributed by atoms with Crippen LogP contribution in [0.4, 0.5) is 5.82 Å². The van der Waals surface area contributed by atoms with E-state index in [2.05, 4.69) is 21.8 Å². The molecule has 1 N–H and O–H groups in total. The van der Waals surface area contributed by atoms with E-state index in [0.717, 1.165) is 22.4 Å². The zero-order valence-corrected chi connectivity index (χ0v) is 12.2. The number of benzene rings is 1. The van der Waals surface area contributed by atoms with Gasteiger partial charge in [-0.15, -0.1) is 0 Å². The van der Waals surface area contributed by atoms with Gasteiger partial charge in [-0.1, -0.05) is 36.4 Å². The summed E-state index contributed by atoms with van der Waals surface area (Å²) < 4.78 is 1.45. The third-order valence-corrected chi connectivity index (χ3v) is 3.36. The maximum Gasteiger partial charge on any atom is 0.164 e. The summed E-state index contributed by atoms with van der Waals surface area (Å²) >= 11 is 0. The minimum absolute atomic E-state index is 0.294. The van der Waals surface area contributed by atoms with Gasteiger partial charge in [-0.3, -0.25) is 10.4 Å². The van der Waals surface area contributed by atoms with E-state index in [1.54, 1.807) is 19.3 Å². The van der Waals surface area contributed by atoms with Crippen LogP contribution >= 0.6 is 0 Å². The van der Waals surface area contributed by atoms with E-state index in [9.17, 15) is 0 Å². The first-order valence-corrected chi connectivity index (χ1v) is 6.83. The first-order valence-electron chi connectivity index (χ1n) is 6.83. The van der Waals surface area contributed by atoms with Crippen molar-refractivity contribution in [2.45, 2.75) is 6.92 Å². The molecule has 0 atom stereocenters. The Morgan fingerprint density at radius 1 is 1.09 bits per heavy atom. The van der Waals surface area contributed by atoms with Gasteiger partial charge >= 0.3 is 0 Å². The maximum absolute atomic E-state index is 7.70. The van der Waals surface area contributed by atoms with Gasteiger partial charge in [0.15, 0.2) is 5.82 Å². The summed E-state index contributed by atoms with van der Waals surface area (Å²) in [7, 11) is 0. The number of aliphatic imine (C=N–C) groups is 1. The van der Waals surface area contributed by atoms with Gasteiger partial charge in [0, 0.05) is 22.9 Å². The predicted molar refractivity (Wildman–Crippen MR) is 88.9 cm³/mol. The number of pyridine rings is 1. The molecule has 0 aliphatic carbocycles. The predicted octanol–water partition coefficient (Wildman–Crippen LogP) is 3.79. The molecule has 0 amide bonds. The van der Waals surface area contributed by atoms with Gasteiger partial charge in [-0.25, -0.2) is 9.67 Å². The van der Waals surface area contributed by atoms with Crippen LogP contribution in [0.25, 0.3) is 22.4 Å². The van der Waals surface area contributed by atoms with Crippen molar-refractivity contribution in [1.82, 2.24) is 14.8 Å². The van der Waals surface area contributed by atoms with Gasteiger partial charge in [0.05, 0.1) is 11.9 Å². The number of nitrogens with zero attached hydrogens (tertiary/aromatic N) is 4. The lowest BCUT2D eigenvalue weighted by Crippen LogP contribution is -2.06. The topological polar surface area (TPSA) is 66.9 Å². The van der Waals surface area contributed by atoms with Crippen LogP contribution < -0.4 is 0 Å². The molecular formula is C17H15N5. The van der Waals surface area contributed by atoms with E-state index in [1.165, 1.54) is 4.68 Å². The first kappa shape index (κ1) is 13.9. The van der Waals surface area contributed by atoms with Gasteiger partial charge in [-0.05, 0) is 19.7 Å². The molecule has 5 nitrogen and oxygen atoms in total. The van der Waals surface area contributed by atoms with Crippen molar-refractivity contribution < 1.29 is 0 Å². The third-order valence-electron chi connectivity index (χ3n) is 3.36. The van der Waals surface area contributed by atoms with Crippen LogP contribution in [-0.2, 0) is 0 Å². The van der Waals surface area contributed by atoms with E-state index >= 15 is 0 Å². The van der Waals surface area contributed by atoms with Crippen LogP contribution in [0.15, 0.2) is 59.9 Å². The normalized spacial score (nSPS) is 10.4. The summed E-state index contributed by atoms with van der Waals surface area (Å²) in [5, 5.41) is 11.9. The van der Waals surface area contributed by atoms with Crippen molar-refractivity contribution in [1.29, 1.82) is 5.41 Å². The fourth-order valence-electron chi connectivity index (χ4n) is 2.28. The zero-order valence-electron chi connectivity index (χ0n) is 12.2. The maximum atomic E-state index is 7.70. The molecule has 0 bridgehead atoms. The Kier molecular flexibility index (Phi) is 3.62. The highest BCUT2D eigenvalue weighted by atomic mass is 15.3. The first-order chi connectivity index (χ1) is 10.7. The molecule has 0 radical (unpaired) electrons. The average Bonchev–Trinajstić information content (AvgIpc) is 3.00. The Balaban J connectivity index is 2.00. The Morgan fingerprint density at radius 3 is 2.45 bits per heavy atom. The molecular weight excluding hydrogens is 274 g/mol. The Hall–Kier alpha value is -3.08. The monoisotopic (exact) mass is 289 g/mol. The molecule has 0 aliphatic heterocycles. The Labute approximate surface area is 128 Å². The number of hydrogen-bond acceptors (Lipinski definition) is 4. The Morgan fingerprint density at radius 2 is 1.86 bits per heavy atom. The molecule has 22 heavy (non-hydrogen) atoms. The quantitative estimate of drug-likeness (QED) is 0.589. The standard InChI is InChI=1S/C17H15N5/c1-12(18)22-17(19-2)15(11-21-22)14-8-9-16(20-10-14)13-6-4-3-5-7-13/h3-11,18H,2H2,1H3. The highest BCUT2D eigenvalue weighted by molar-refractivity contribution is 5.86. The van der Waals surface area contributed by atoms with Crippen molar-refractivity contribution in [3.05, 3.63) is 54.9 Å². The van der Waals surface area contributed by atoms with Crippen LogP contribution in [0.3, 0.4) is 0 Å². The summed E-state index contributed by atoms with van der Waals surface area (Å²) in [5.74, 6) is 0.851. The fourth-order valence-corrected chi connectivity index (χ4v) is 2.28. The minimum Gasteiger partial charge on any atom is -0.287 e. The largest absolute Gasteiger partial charge is 0.287 e. The molecule has 3 aromatic rings. The highest BCUT2D eigenvalue weighted by Gasteiger charge is 2.13. The van der Waals surface area contributed by atoms with Crippen LogP contribution in [0.2, 0.25) is 0 Å². The second kappa shape index (κ2) is 5.73. The number of aromatic nitrogens is 3. The average molecular weight is 289 g/mol. The van der Waals surface area contributed by atoms with Crippen LogP contribution in [-0.4, -0.2) is 27.3 Å². The van der Waals surface area contributed by atoms with Crippen LogP contribution in [0.5, 0.6) is 0 Å². The summed E-state index contributed by atoms with van der Waals surface area (Å²) in [4.78, 5) is 8.49. The summed E-state index contributed by atoms with van der Waals surface area (Å²) in [6.07, 6.45) is 3.47. The summed E-state index contributed by atoms with van der Waals surface area (Å²) in [6, 6.07) is 13.9. The fraction of sp³-hybridized carbons (Fsp3) is 0.0588. The minimum atomic E-state index is 0.294. The van der Waals surface area contributed by atoms with Gasteiger partial charge in [0.2, 0.25) is 0 Å². The van der Waals surface area contributed by atoms with E-state index < -0.39 is 0 Å².